The van der Waals surface area contributed by atoms with Crippen LogP contribution in [0.2, 0.25) is 0 Å². The number of hydrogen-bond donors (Lipinski definition) is 1. The molecule has 0 radical (unpaired) electrons. The van der Waals surface area contributed by atoms with E-state index in [1.807, 2.05) is 37.3 Å². The van der Waals surface area contributed by atoms with Crippen molar-refractivity contribution in [3.8, 4) is 0 Å². The van der Waals surface area contributed by atoms with Crippen LogP contribution in [-0.4, -0.2) is 16.1 Å². The highest BCUT2D eigenvalue weighted by Gasteiger charge is 2.21. The molecular formula is C24H28BrN3O2. The van der Waals surface area contributed by atoms with E-state index >= 15 is 0 Å². The van der Waals surface area contributed by atoms with Crippen molar-refractivity contribution in [2.24, 2.45) is 5.92 Å². The lowest BCUT2D eigenvalue weighted by atomic mass is 10.0. The first kappa shape index (κ1) is 22.2. The third kappa shape index (κ3) is 5.57. The topological polar surface area (TPSA) is 64.1 Å². The number of carbonyl (C=O) groups excluding carboxylic acids is 1. The molecule has 3 aromatic rings. The van der Waals surface area contributed by atoms with E-state index in [0.717, 1.165) is 45.0 Å². The Morgan fingerprint density at radius 3 is 2.57 bits per heavy atom. The van der Waals surface area contributed by atoms with Gasteiger partial charge in [-0.05, 0) is 48.9 Å². The van der Waals surface area contributed by atoms with Crippen LogP contribution in [0.3, 0.4) is 0 Å². The molecule has 0 saturated carbocycles. The predicted octanol–water partition coefficient (Wildman–Crippen LogP) is 6.28. The molecule has 1 atom stereocenters. The zero-order chi connectivity index (χ0) is 21.7. The molecule has 158 valence electrons. The van der Waals surface area contributed by atoms with E-state index in [2.05, 4.69) is 54.2 Å². The summed E-state index contributed by atoms with van der Waals surface area (Å²) in [6.45, 7) is 8.59. The Morgan fingerprint density at radius 1 is 1.17 bits per heavy atom. The monoisotopic (exact) mass is 469 g/mol. The Kier molecular flexibility index (Phi) is 7.43. The number of nitrogens with one attached hydrogen (secondary N) is 1. The van der Waals surface area contributed by atoms with Crippen molar-refractivity contribution in [2.45, 2.75) is 53.2 Å². The maximum atomic E-state index is 12.5. The molecule has 0 spiro atoms. The highest BCUT2D eigenvalue weighted by atomic mass is 79.9. The maximum Gasteiger partial charge on any atom is 0.408 e. The Hall–Kier alpha value is -2.47. The molecule has 0 saturated heterocycles. The van der Waals surface area contributed by atoms with Crippen LogP contribution in [-0.2, 0) is 17.8 Å². The molecule has 0 aliphatic heterocycles. The second-order valence-corrected chi connectivity index (χ2v) is 8.74. The number of fused-ring (bicyclic) bond motifs is 1. The molecule has 1 aromatic heterocycles. The highest BCUT2D eigenvalue weighted by molar-refractivity contribution is 9.10. The normalized spacial score (nSPS) is 12.2. The molecular weight excluding hydrogens is 442 g/mol. The molecule has 1 heterocycles. The molecule has 6 heteroatoms. The number of amides is 1. The lowest BCUT2D eigenvalue weighted by molar-refractivity contribution is 0.133. The molecule has 1 N–H and O–H groups in total. The fourth-order valence-corrected chi connectivity index (χ4v) is 3.71. The number of carbonyl (C=O) groups is 1. The van der Waals surface area contributed by atoms with Crippen LogP contribution in [0.1, 0.15) is 55.9 Å². The fraction of sp³-hybridized carbons (Fsp3) is 0.375. The number of ether oxygens (including phenoxy) is 1. The minimum absolute atomic E-state index is 0.229. The lowest BCUT2D eigenvalue weighted by Crippen LogP contribution is -2.31. The number of hydrogen-bond acceptors (Lipinski definition) is 4. The number of aryl methyl sites for hydroxylation is 2. The first-order valence-corrected chi connectivity index (χ1v) is 11.1. The molecule has 1 amide bonds. The number of halogens is 1. The summed E-state index contributed by atoms with van der Waals surface area (Å²) >= 11 is 3.60. The number of benzene rings is 2. The van der Waals surface area contributed by atoms with E-state index in [1.165, 1.54) is 0 Å². The molecule has 0 aliphatic carbocycles. The number of nitrogens with zero attached hydrogens (tertiary/aromatic N) is 2. The van der Waals surface area contributed by atoms with Crippen LogP contribution < -0.4 is 5.32 Å². The molecule has 3 rings (SSSR count). The third-order valence-corrected chi connectivity index (χ3v) is 5.79. The van der Waals surface area contributed by atoms with E-state index in [-0.39, 0.29) is 12.6 Å². The SMILES string of the molecule is CCc1nc(C(CC(C)C)NC(=O)OCc2ccccc2)nc2cc(C)c(Br)cc12. The Bertz CT molecular complexity index is 1020. The minimum Gasteiger partial charge on any atom is -0.445 e. The number of aromatic nitrogens is 2. The summed E-state index contributed by atoms with van der Waals surface area (Å²) in [6.07, 6.45) is 1.05. The summed E-state index contributed by atoms with van der Waals surface area (Å²) in [7, 11) is 0. The summed E-state index contributed by atoms with van der Waals surface area (Å²) < 4.78 is 6.47. The summed E-state index contributed by atoms with van der Waals surface area (Å²) in [5.41, 5.74) is 3.93. The third-order valence-electron chi connectivity index (χ3n) is 4.93. The van der Waals surface area contributed by atoms with Gasteiger partial charge in [-0.25, -0.2) is 14.8 Å². The molecule has 30 heavy (non-hydrogen) atoms. The minimum atomic E-state index is -0.460. The first-order valence-electron chi connectivity index (χ1n) is 10.3. The van der Waals surface area contributed by atoms with Gasteiger partial charge in [0.05, 0.1) is 17.3 Å². The molecule has 1 unspecified atom stereocenters. The maximum absolute atomic E-state index is 12.5. The molecule has 0 bridgehead atoms. The largest absolute Gasteiger partial charge is 0.445 e. The lowest BCUT2D eigenvalue weighted by Gasteiger charge is -2.20. The van der Waals surface area contributed by atoms with Gasteiger partial charge in [0.1, 0.15) is 6.61 Å². The smallest absolute Gasteiger partial charge is 0.408 e. The van der Waals surface area contributed by atoms with Gasteiger partial charge < -0.3 is 10.1 Å². The van der Waals surface area contributed by atoms with Crippen LogP contribution in [0.25, 0.3) is 10.9 Å². The van der Waals surface area contributed by atoms with Gasteiger partial charge in [0.25, 0.3) is 0 Å². The van der Waals surface area contributed by atoms with E-state index in [0.29, 0.717) is 11.7 Å². The van der Waals surface area contributed by atoms with Crippen LogP contribution in [0.5, 0.6) is 0 Å². The molecule has 5 nitrogen and oxygen atoms in total. The average Bonchev–Trinajstić information content (AvgIpc) is 2.72. The summed E-state index contributed by atoms with van der Waals surface area (Å²) in [5, 5.41) is 4.02. The Morgan fingerprint density at radius 2 is 1.90 bits per heavy atom. The van der Waals surface area contributed by atoms with Gasteiger partial charge in [0, 0.05) is 9.86 Å². The quantitative estimate of drug-likeness (QED) is 0.442. The van der Waals surface area contributed by atoms with Gasteiger partial charge in [-0.2, -0.15) is 0 Å². The predicted molar refractivity (Wildman–Crippen MR) is 123 cm³/mol. The van der Waals surface area contributed by atoms with E-state index < -0.39 is 6.09 Å². The van der Waals surface area contributed by atoms with E-state index in [9.17, 15) is 4.79 Å². The summed E-state index contributed by atoms with van der Waals surface area (Å²) in [5.74, 6) is 0.992. The Labute approximate surface area is 186 Å². The second kappa shape index (κ2) is 10.0. The zero-order valence-electron chi connectivity index (χ0n) is 17.9. The standard InChI is InChI=1S/C24H28BrN3O2/c1-5-20-18-13-19(25)16(4)12-21(18)27-23(26-20)22(11-15(2)3)28-24(29)30-14-17-9-7-6-8-10-17/h6-10,12-13,15,22H,5,11,14H2,1-4H3,(H,28,29). The average molecular weight is 470 g/mol. The molecule has 0 fully saturated rings. The van der Waals surface area contributed by atoms with Gasteiger partial charge in [-0.3, -0.25) is 0 Å². The van der Waals surface area contributed by atoms with Crippen LogP contribution in [0.15, 0.2) is 46.9 Å². The van der Waals surface area contributed by atoms with E-state index in [1.54, 1.807) is 0 Å². The van der Waals surface area contributed by atoms with Gasteiger partial charge in [-0.15, -0.1) is 0 Å². The van der Waals surface area contributed by atoms with E-state index in [4.69, 9.17) is 14.7 Å². The number of alkyl carbamates (subject to hydrolysis) is 1. The van der Waals surface area contributed by atoms with Gasteiger partial charge in [0.2, 0.25) is 0 Å². The molecule has 0 aliphatic rings. The summed E-state index contributed by atoms with van der Waals surface area (Å²) in [6, 6.07) is 13.5. The first-order chi connectivity index (χ1) is 14.4. The van der Waals surface area contributed by atoms with Crippen molar-refractivity contribution < 1.29 is 9.53 Å². The fourth-order valence-electron chi connectivity index (χ4n) is 3.37. The van der Waals surface area contributed by atoms with Crippen molar-refractivity contribution in [1.29, 1.82) is 0 Å². The van der Waals surface area contributed by atoms with Gasteiger partial charge in [-0.1, -0.05) is 67.0 Å². The number of rotatable bonds is 7. The highest BCUT2D eigenvalue weighted by Crippen LogP contribution is 2.27. The van der Waals surface area contributed by atoms with Crippen molar-refractivity contribution in [1.82, 2.24) is 15.3 Å². The summed E-state index contributed by atoms with van der Waals surface area (Å²) in [4.78, 5) is 22.1. The van der Waals surface area contributed by atoms with Crippen molar-refractivity contribution in [3.05, 3.63) is 69.6 Å². The van der Waals surface area contributed by atoms with Crippen LogP contribution >= 0.6 is 15.9 Å². The van der Waals surface area contributed by atoms with Crippen molar-refractivity contribution in [2.75, 3.05) is 0 Å². The Balaban J connectivity index is 1.86. The molecule has 2 aromatic carbocycles. The van der Waals surface area contributed by atoms with Crippen molar-refractivity contribution >= 4 is 32.9 Å². The zero-order valence-corrected chi connectivity index (χ0v) is 19.5. The van der Waals surface area contributed by atoms with Crippen LogP contribution in [0, 0.1) is 12.8 Å². The van der Waals surface area contributed by atoms with Crippen molar-refractivity contribution in [3.63, 3.8) is 0 Å². The van der Waals surface area contributed by atoms with Gasteiger partial charge in [0.15, 0.2) is 5.82 Å². The second-order valence-electron chi connectivity index (χ2n) is 7.89. The van der Waals surface area contributed by atoms with Gasteiger partial charge >= 0.3 is 6.09 Å². The van der Waals surface area contributed by atoms with Crippen LogP contribution in [0.4, 0.5) is 4.79 Å².